The Morgan fingerprint density at radius 3 is 0.853 bits per heavy atom. The van der Waals surface area contributed by atoms with E-state index in [0.717, 1.165) is 83.5 Å². The largest absolute Gasteiger partial charge is 0.462 e. The topological polar surface area (TPSA) is 78.9 Å². The first-order valence-electron chi connectivity index (χ1n) is 29.3. The molecule has 0 fully saturated rings. The highest BCUT2D eigenvalue weighted by molar-refractivity contribution is 5.71. The van der Waals surface area contributed by atoms with Gasteiger partial charge >= 0.3 is 17.9 Å². The zero-order valence-electron chi connectivity index (χ0n) is 45.1. The number of ether oxygens (including phenoxy) is 3. The molecule has 0 aromatic carbocycles. The first kappa shape index (κ1) is 65.1. The third kappa shape index (κ3) is 54.1. The standard InChI is InChI=1S/C62H110O6/c1-4-7-10-13-16-19-21-23-25-27-29-30-31-32-34-35-37-39-41-43-46-49-52-55-61(64)67-58-59(57-66-60(63)54-51-48-45-18-15-12-9-6-3)68-62(65)56-53-50-47-44-42-40-38-36-33-28-26-24-22-20-17-14-11-8-5-2/h17,20-21,23-24,26-27,29,31-32,59H,4-16,18-19,22,25,28,30,33-58H2,1-3H3/b20-17-,23-21-,26-24-,29-27-,32-31-. The second-order valence-electron chi connectivity index (χ2n) is 19.6. The molecule has 0 aromatic rings. The van der Waals surface area contributed by atoms with E-state index in [0.29, 0.717) is 19.3 Å². The first-order chi connectivity index (χ1) is 33.5. The van der Waals surface area contributed by atoms with Gasteiger partial charge in [-0.1, -0.05) is 248 Å². The number of hydrogen-bond donors (Lipinski definition) is 0. The summed E-state index contributed by atoms with van der Waals surface area (Å²) >= 11 is 0. The van der Waals surface area contributed by atoms with Crippen LogP contribution in [-0.2, 0) is 28.6 Å². The van der Waals surface area contributed by atoms with E-state index in [1.54, 1.807) is 0 Å². The van der Waals surface area contributed by atoms with E-state index < -0.39 is 6.10 Å². The van der Waals surface area contributed by atoms with Crippen LogP contribution in [0.5, 0.6) is 0 Å². The minimum Gasteiger partial charge on any atom is -0.462 e. The van der Waals surface area contributed by atoms with Gasteiger partial charge in [0.2, 0.25) is 0 Å². The molecule has 0 amide bonds. The third-order valence-electron chi connectivity index (χ3n) is 12.7. The van der Waals surface area contributed by atoms with E-state index in [9.17, 15) is 14.4 Å². The van der Waals surface area contributed by atoms with Gasteiger partial charge in [0.15, 0.2) is 6.10 Å². The van der Waals surface area contributed by atoms with Crippen molar-refractivity contribution < 1.29 is 28.6 Å². The number of esters is 3. The summed E-state index contributed by atoms with van der Waals surface area (Å²) in [4.78, 5) is 38.0. The van der Waals surface area contributed by atoms with Crippen LogP contribution in [0, 0.1) is 0 Å². The molecule has 68 heavy (non-hydrogen) atoms. The van der Waals surface area contributed by atoms with Gasteiger partial charge in [0, 0.05) is 19.3 Å². The molecule has 6 nitrogen and oxygen atoms in total. The van der Waals surface area contributed by atoms with Crippen molar-refractivity contribution in [3.8, 4) is 0 Å². The Morgan fingerprint density at radius 2 is 0.529 bits per heavy atom. The number of carbonyl (C=O) groups excluding carboxylic acids is 3. The van der Waals surface area contributed by atoms with Gasteiger partial charge in [0.05, 0.1) is 0 Å². The molecular formula is C62H110O6. The maximum atomic E-state index is 12.8. The summed E-state index contributed by atoms with van der Waals surface area (Å²) in [6, 6.07) is 0. The molecule has 0 radical (unpaired) electrons. The molecule has 0 heterocycles. The lowest BCUT2D eigenvalue weighted by Gasteiger charge is -2.18. The van der Waals surface area contributed by atoms with Crippen molar-refractivity contribution in [2.24, 2.45) is 0 Å². The van der Waals surface area contributed by atoms with Crippen molar-refractivity contribution in [3.05, 3.63) is 60.8 Å². The molecule has 0 bridgehead atoms. The quantitative estimate of drug-likeness (QED) is 0.0262. The minimum atomic E-state index is -0.777. The van der Waals surface area contributed by atoms with E-state index in [2.05, 4.69) is 81.5 Å². The predicted octanol–water partition coefficient (Wildman–Crippen LogP) is 19.6. The molecule has 394 valence electrons. The number of carbonyl (C=O) groups is 3. The minimum absolute atomic E-state index is 0.0766. The summed E-state index contributed by atoms with van der Waals surface area (Å²) in [6.07, 6.45) is 70.8. The van der Waals surface area contributed by atoms with E-state index >= 15 is 0 Å². The molecular weight excluding hydrogens is 841 g/mol. The fourth-order valence-corrected chi connectivity index (χ4v) is 8.30. The van der Waals surface area contributed by atoms with Crippen LogP contribution < -0.4 is 0 Å². The molecule has 0 saturated heterocycles. The summed E-state index contributed by atoms with van der Waals surface area (Å²) < 4.78 is 16.8. The van der Waals surface area contributed by atoms with Gasteiger partial charge in [-0.15, -0.1) is 0 Å². The average molecular weight is 952 g/mol. The summed E-state index contributed by atoms with van der Waals surface area (Å²) in [7, 11) is 0. The van der Waals surface area contributed by atoms with Crippen molar-refractivity contribution in [3.63, 3.8) is 0 Å². The second kappa shape index (κ2) is 56.7. The molecule has 0 aromatic heterocycles. The zero-order valence-corrected chi connectivity index (χ0v) is 45.1. The lowest BCUT2D eigenvalue weighted by Crippen LogP contribution is -2.30. The summed E-state index contributed by atoms with van der Waals surface area (Å²) in [5.74, 6) is -0.883. The van der Waals surface area contributed by atoms with Gasteiger partial charge in [0.1, 0.15) is 13.2 Å². The third-order valence-corrected chi connectivity index (χ3v) is 12.7. The fraction of sp³-hybridized carbons (Fsp3) is 0.790. The van der Waals surface area contributed by atoms with Crippen LogP contribution in [0.25, 0.3) is 0 Å². The number of allylic oxidation sites excluding steroid dienone is 10. The van der Waals surface area contributed by atoms with E-state index in [4.69, 9.17) is 14.2 Å². The first-order valence-corrected chi connectivity index (χ1v) is 29.3. The van der Waals surface area contributed by atoms with Gasteiger partial charge in [-0.05, 0) is 89.9 Å². The molecule has 0 N–H and O–H groups in total. The van der Waals surface area contributed by atoms with Crippen molar-refractivity contribution in [2.75, 3.05) is 13.2 Å². The molecule has 6 heteroatoms. The number of rotatable bonds is 53. The Balaban J connectivity index is 4.24. The molecule has 1 unspecified atom stereocenters. The Hall–Kier alpha value is -2.89. The molecule has 0 rings (SSSR count). The Labute approximate surface area is 421 Å². The van der Waals surface area contributed by atoms with Crippen molar-refractivity contribution in [2.45, 2.75) is 303 Å². The number of hydrogen-bond acceptors (Lipinski definition) is 6. The van der Waals surface area contributed by atoms with Gasteiger partial charge in [-0.3, -0.25) is 14.4 Å². The zero-order chi connectivity index (χ0) is 49.3. The van der Waals surface area contributed by atoms with E-state index in [1.807, 2.05) is 0 Å². The van der Waals surface area contributed by atoms with Crippen LogP contribution >= 0.6 is 0 Å². The fourth-order valence-electron chi connectivity index (χ4n) is 8.30. The second-order valence-corrected chi connectivity index (χ2v) is 19.6. The summed E-state index contributed by atoms with van der Waals surface area (Å²) in [5.41, 5.74) is 0. The van der Waals surface area contributed by atoms with Crippen LogP contribution in [0.1, 0.15) is 297 Å². The highest BCUT2D eigenvalue weighted by Crippen LogP contribution is 2.15. The molecule has 0 aliphatic heterocycles. The van der Waals surface area contributed by atoms with Crippen LogP contribution in [0.4, 0.5) is 0 Å². The highest BCUT2D eigenvalue weighted by Gasteiger charge is 2.19. The molecule has 0 aliphatic rings. The van der Waals surface area contributed by atoms with Gasteiger partial charge in [0.25, 0.3) is 0 Å². The average Bonchev–Trinajstić information content (AvgIpc) is 3.34. The Kier molecular flexibility index (Phi) is 54.3. The Bertz CT molecular complexity index is 1230. The SMILES string of the molecule is CCCCC/C=C\C/C=C\CCCCCCCCCCCC(=O)OC(COC(=O)CCCCCCCCCC)COC(=O)CCCCCCCCCC/C=C\C/C=C\C/C=C\CCCCCCC. The van der Waals surface area contributed by atoms with Gasteiger partial charge in [-0.25, -0.2) is 0 Å². The maximum Gasteiger partial charge on any atom is 0.306 e. The van der Waals surface area contributed by atoms with Gasteiger partial charge in [-0.2, -0.15) is 0 Å². The van der Waals surface area contributed by atoms with Crippen LogP contribution in [0.2, 0.25) is 0 Å². The molecule has 0 aliphatic carbocycles. The lowest BCUT2D eigenvalue weighted by molar-refractivity contribution is -0.167. The van der Waals surface area contributed by atoms with E-state index in [1.165, 1.54) is 173 Å². The van der Waals surface area contributed by atoms with E-state index in [-0.39, 0.29) is 31.1 Å². The normalized spacial score (nSPS) is 12.5. The summed E-state index contributed by atoms with van der Waals surface area (Å²) in [6.45, 7) is 6.59. The summed E-state index contributed by atoms with van der Waals surface area (Å²) in [5, 5.41) is 0. The lowest BCUT2D eigenvalue weighted by atomic mass is 10.1. The maximum absolute atomic E-state index is 12.8. The molecule has 0 spiro atoms. The van der Waals surface area contributed by atoms with Crippen LogP contribution in [0.15, 0.2) is 60.8 Å². The van der Waals surface area contributed by atoms with Crippen molar-refractivity contribution in [1.29, 1.82) is 0 Å². The van der Waals surface area contributed by atoms with Crippen LogP contribution in [0.3, 0.4) is 0 Å². The monoisotopic (exact) mass is 951 g/mol. The Morgan fingerprint density at radius 1 is 0.294 bits per heavy atom. The molecule has 1 atom stereocenters. The van der Waals surface area contributed by atoms with Crippen molar-refractivity contribution in [1.82, 2.24) is 0 Å². The smallest absolute Gasteiger partial charge is 0.306 e. The predicted molar refractivity (Wildman–Crippen MR) is 293 cm³/mol. The van der Waals surface area contributed by atoms with Crippen molar-refractivity contribution >= 4 is 17.9 Å². The van der Waals surface area contributed by atoms with Crippen LogP contribution in [-0.4, -0.2) is 37.2 Å². The molecule has 0 saturated carbocycles. The number of unbranched alkanes of at least 4 members (excludes halogenated alkanes) is 32. The highest BCUT2D eigenvalue weighted by atomic mass is 16.6. The van der Waals surface area contributed by atoms with Gasteiger partial charge < -0.3 is 14.2 Å².